The molecular weight excluding hydrogens is 295 g/mol. The molecule has 2 aromatic rings. The Labute approximate surface area is 128 Å². The Kier molecular flexibility index (Phi) is 4.04. The first-order chi connectivity index (χ1) is 9.79. The lowest BCUT2D eigenvalue weighted by Gasteiger charge is -2.14. The molecule has 2 nitrogen and oxygen atoms in total. The van der Waals surface area contributed by atoms with Crippen LogP contribution in [-0.2, 0) is 5.88 Å². The van der Waals surface area contributed by atoms with E-state index in [4.69, 9.17) is 32.7 Å². The maximum atomic E-state index is 6.18. The highest BCUT2D eigenvalue weighted by Gasteiger charge is 2.24. The molecule has 0 saturated carbocycles. The van der Waals surface area contributed by atoms with E-state index in [2.05, 4.69) is 6.07 Å². The Morgan fingerprint density at radius 2 is 2.00 bits per heavy atom. The molecule has 1 atom stereocenters. The van der Waals surface area contributed by atoms with Crippen LogP contribution < -0.4 is 9.47 Å². The van der Waals surface area contributed by atoms with Gasteiger partial charge in [-0.25, -0.2) is 0 Å². The molecule has 0 aromatic heterocycles. The van der Waals surface area contributed by atoms with Gasteiger partial charge in [-0.05, 0) is 12.1 Å². The minimum absolute atomic E-state index is 0.227. The number of ether oxygens (including phenoxy) is 2. The number of halogens is 2. The molecule has 104 valence electrons. The van der Waals surface area contributed by atoms with Crippen molar-refractivity contribution < 1.29 is 9.47 Å². The Bertz CT molecular complexity index is 613. The van der Waals surface area contributed by atoms with E-state index in [1.54, 1.807) is 0 Å². The number of hydrogen-bond donors (Lipinski definition) is 0. The first kappa shape index (κ1) is 13.6. The molecule has 0 bridgehead atoms. The molecule has 1 aliphatic heterocycles. The summed E-state index contributed by atoms with van der Waals surface area (Å²) in [6.45, 7) is 1.17. The summed E-state index contributed by atoms with van der Waals surface area (Å²) in [5.74, 6) is 2.23. The summed E-state index contributed by atoms with van der Waals surface area (Å²) in [5.41, 5.74) is 2.10. The van der Waals surface area contributed by atoms with E-state index in [0.717, 1.165) is 11.3 Å². The highest BCUT2D eigenvalue weighted by atomic mass is 35.5. The van der Waals surface area contributed by atoms with Crippen LogP contribution in [0.3, 0.4) is 0 Å². The minimum Gasteiger partial charge on any atom is -0.493 e. The normalized spacial score (nSPS) is 16.6. The van der Waals surface area contributed by atoms with Gasteiger partial charge in [-0.3, -0.25) is 0 Å². The van der Waals surface area contributed by atoms with Gasteiger partial charge in [-0.2, -0.15) is 0 Å². The largest absolute Gasteiger partial charge is 0.493 e. The number of alkyl halides is 1. The van der Waals surface area contributed by atoms with Crippen molar-refractivity contribution in [2.24, 2.45) is 0 Å². The fraction of sp³-hybridized carbons (Fsp3) is 0.250. The molecule has 1 aliphatic rings. The summed E-state index contributed by atoms with van der Waals surface area (Å²) < 4.78 is 11.6. The second-order valence-corrected chi connectivity index (χ2v) is 5.39. The first-order valence-electron chi connectivity index (χ1n) is 6.47. The van der Waals surface area contributed by atoms with Crippen LogP contribution in [0.15, 0.2) is 42.5 Å². The topological polar surface area (TPSA) is 18.5 Å². The first-order valence-corrected chi connectivity index (χ1v) is 7.38. The fourth-order valence-corrected chi connectivity index (χ4v) is 2.83. The zero-order valence-electron chi connectivity index (χ0n) is 10.8. The third kappa shape index (κ3) is 2.58. The monoisotopic (exact) mass is 308 g/mol. The number of para-hydroxylation sites is 2. The summed E-state index contributed by atoms with van der Waals surface area (Å²) in [4.78, 5) is 0. The fourth-order valence-electron chi connectivity index (χ4n) is 2.37. The lowest BCUT2D eigenvalue weighted by molar-refractivity contribution is 0.247. The van der Waals surface area contributed by atoms with Crippen molar-refractivity contribution in [1.29, 1.82) is 0 Å². The molecule has 0 radical (unpaired) electrons. The Hall–Kier alpha value is -1.38. The minimum atomic E-state index is 0.227. The van der Waals surface area contributed by atoms with Crippen molar-refractivity contribution in [2.75, 3.05) is 13.2 Å². The van der Waals surface area contributed by atoms with E-state index in [1.807, 2.05) is 36.4 Å². The standard InChI is InChI=1S/C16H14Cl2O2/c17-8-11-4-3-6-14(18)16(11)20-10-12-9-19-15-7-2-1-5-13(12)15/h1-7,12H,8-10H2. The van der Waals surface area contributed by atoms with Gasteiger partial charge in [-0.1, -0.05) is 41.9 Å². The van der Waals surface area contributed by atoms with Crippen molar-refractivity contribution in [3.63, 3.8) is 0 Å². The molecule has 0 spiro atoms. The highest BCUT2D eigenvalue weighted by Crippen LogP contribution is 2.35. The van der Waals surface area contributed by atoms with Gasteiger partial charge in [0.15, 0.2) is 0 Å². The summed E-state index contributed by atoms with van der Waals surface area (Å²) in [6.07, 6.45) is 0. The maximum Gasteiger partial charge on any atom is 0.142 e. The molecule has 3 rings (SSSR count). The molecule has 0 N–H and O–H groups in total. The second-order valence-electron chi connectivity index (χ2n) is 4.72. The number of hydrogen-bond acceptors (Lipinski definition) is 2. The Morgan fingerprint density at radius 1 is 1.15 bits per heavy atom. The van der Waals surface area contributed by atoms with Crippen LogP contribution in [0, 0.1) is 0 Å². The summed E-state index contributed by atoms with van der Waals surface area (Å²) in [6, 6.07) is 13.7. The van der Waals surface area contributed by atoms with E-state index in [1.165, 1.54) is 5.56 Å². The van der Waals surface area contributed by atoms with Crippen LogP contribution >= 0.6 is 23.2 Å². The molecule has 1 heterocycles. The summed E-state index contributed by atoms with van der Waals surface area (Å²) in [7, 11) is 0. The smallest absolute Gasteiger partial charge is 0.142 e. The average molecular weight is 309 g/mol. The van der Waals surface area contributed by atoms with Crippen molar-refractivity contribution in [3.8, 4) is 11.5 Å². The Morgan fingerprint density at radius 3 is 2.85 bits per heavy atom. The maximum absolute atomic E-state index is 6.18. The van der Waals surface area contributed by atoms with Crippen LogP contribution in [0.4, 0.5) is 0 Å². The lowest BCUT2D eigenvalue weighted by atomic mass is 10.0. The molecule has 0 saturated heterocycles. The summed E-state index contributed by atoms with van der Waals surface area (Å²) >= 11 is 12.1. The number of rotatable bonds is 4. The average Bonchev–Trinajstić information content (AvgIpc) is 2.89. The van der Waals surface area contributed by atoms with Crippen LogP contribution in [0.5, 0.6) is 11.5 Å². The van der Waals surface area contributed by atoms with Gasteiger partial charge in [-0.15, -0.1) is 11.6 Å². The van der Waals surface area contributed by atoms with Gasteiger partial charge in [0.2, 0.25) is 0 Å². The van der Waals surface area contributed by atoms with Crippen LogP contribution in [0.25, 0.3) is 0 Å². The van der Waals surface area contributed by atoms with Crippen LogP contribution in [0.1, 0.15) is 17.0 Å². The van der Waals surface area contributed by atoms with Gasteiger partial charge < -0.3 is 9.47 Å². The van der Waals surface area contributed by atoms with Gasteiger partial charge in [0.05, 0.1) is 30.0 Å². The van der Waals surface area contributed by atoms with Crippen molar-refractivity contribution in [1.82, 2.24) is 0 Å². The molecule has 1 unspecified atom stereocenters. The van der Waals surface area contributed by atoms with Crippen molar-refractivity contribution >= 4 is 23.2 Å². The van der Waals surface area contributed by atoms with E-state index in [9.17, 15) is 0 Å². The molecule has 4 heteroatoms. The zero-order valence-corrected chi connectivity index (χ0v) is 12.3. The summed E-state index contributed by atoms with van der Waals surface area (Å²) in [5, 5.41) is 0.593. The van der Waals surface area contributed by atoms with E-state index < -0.39 is 0 Å². The third-order valence-corrected chi connectivity index (χ3v) is 4.01. The van der Waals surface area contributed by atoms with E-state index in [-0.39, 0.29) is 5.92 Å². The highest BCUT2D eigenvalue weighted by molar-refractivity contribution is 6.32. The molecule has 20 heavy (non-hydrogen) atoms. The molecule has 0 fully saturated rings. The quantitative estimate of drug-likeness (QED) is 0.766. The predicted octanol–water partition coefficient (Wildman–Crippen LogP) is 4.63. The van der Waals surface area contributed by atoms with Gasteiger partial charge in [0.1, 0.15) is 11.5 Å². The Balaban J connectivity index is 1.75. The van der Waals surface area contributed by atoms with Gasteiger partial charge in [0.25, 0.3) is 0 Å². The van der Waals surface area contributed by atoms with Crippen LogP contribution in [0.2, 0.25) is 5.02 Å². The van der Waals surface area contributed by atoms with Gasteiger partial charge >= 0.3 is 0 Å². The number of benzene rings is 2. The van der Waals surface area contributed by atoms with Crippen molar-refractivity contribution in [3.05, 3.63) is 58.6 Å². The van der Waals surface area contributed by atoms with Crippen LogP contribution in [-0.4, -0.2) is 13.2 Å². The van der Waals surface area contributed by atoms with E-state index >= 15 is 0 Å². The molecule has 0 amide bonds. The third-order valence-electron chi connectivity index (χ3n) is 3.42. The SMILES string of the molecule is ClCc1cccc(Cl)c1OCC1COc2ccccc21. The van der Waals surface area contributed by atoms with Gasteiger partial charge in [0, 0.05) is 11.1 Å². The predicted molar refractivity (Wildman–Crippen MR) is 81.2 cm³/mol. The zero-order chi connectivity index (χ0) is 13.9. The van der Waals surface area contributed by atoms with E-state index in [0.29, 0.717) is 29.9 Å². The van der Waals surface area contributed by atoms with Crippen molar-refractivity contribution in [2.45, 2.75) is 11.8 Å². The molecular formula is C16H14Cl2O2. The molecule has 0 aliphatic carbocycles. The number of fused-ring (bicyclic) bond motifs is 1. The lowest BCUT2D eigenvalue weighted by Crippen LogP contribution is -2.12. The second kappa shape index (κ2) is 5.94. The molecule has 2 aromatic carbocycles.